The van der Waals surface area contributed by atoms with Gasteiger partial charge in [-0.15, -0.1) is 0 Å². The Kier molecular flexibility index (Phi) is 9.77. The molecule has 0 bridgehead atoms. The van der Waals surface area contributed by atoms with Crippen LogP contribution >= 0.6 is 0 Å². The first kappa shape index (κ1) is 19.5. The van der Waals surface area contributed by atoms with E-state index in [2.05, 4.69) is 18.9 Å². The van der Waals surface area contributed by atoms with Gasteiger partial charge in [0, 0.05) is 19.0 Å². The third-order valence-electron chi connectivity index (χ3n) is 5.13. The van der Waals surface area contributed by atoms with Gasteiger partial charge in [0.2, 0.25) is 5.91 Å². The standard InChI is InChI=1S/C10H17NO.C7H15N.C2H6/c12-10(11-7-4-8-11)9-5-2-1-3-6-9;1-7-3-5-8(2)6-4-7;1-2/h9H,1-8H2;7H,3-6H2,1-2H3;1-2H3. The summed E-state index contributed by atoms with van der Waals surface area (Å²) in [6, 6.07) is 0. The number of hydrogen-bond donors (Lipinski definition) is 0. The van der Waals surface area contributed by atoms with Gasteiger partial charge in [-0.3, -0.25) is 4.79 Å². The van der Waals surface area contributed by atoms with Crippen LogP contribution in [0.2, 0.25) is 0 Å². The highest BCUT2D eigenvalue weighted by Gasteiger charge is 2.28. The van der Waals surface area contributed by atoms with Gasteiger partial charge >= 0.3 is 0 Å². The number of amides is 1. The zero-order valence-corrected chi connectivity index (χ0v) is 15.4. The van der Waals surface area contributed by atoms with Crippen molar-refractivity contribution in [2.75, 3.05) is 33.2 Å². The summed E-state index contributed by atoms with van der Waals surface area (Å²) in [5, 5.41) is 0. The topological polar surface area (TPSA) is 23.6 Å². The summed E-state index contributed by atoms with van der Waals surface area (Å²) in [6.07, 6.45) is 10.2. The molecule has 1 amide bonds. The molecule has 22 heavy (non-hydrogen) atoms. The van der Waals surface area contributed by atoms with Crippen molar-refractivity contribution >= 4 is 5.91 Å². The predicted molar refractivity (Wildman–Crippen MR) is 95.0 cm³/mol. The molecule has 130 valence electrons. The maximum atomic E-state index is 11.7. The monoisotopic (exact) mass is 310 g/mol. The molecule has 0 unspecified atom stereocenters. The predicted octanol–water partition coefficient (Wildman–Crippen LogP) is 4.17. The van der Waals surface area contributed by atoms with Crippen molar-refractivity contribution in [3.63, 3.8) is 0 Å². The highest BCUT2D eigenvalue weighted by atomic mass is 16.2. The second-order valence-electron chi connectivity index (χ2n) is 7.00. The molecule has 3 rings (SSSR count). The zero-order valence-electron chi connectivity index (χ0n) is 15.4. The van der Waals surface area contributed by atoms with Gasteiger partial charge in [-0.25, -0.2) is 0 Å². The van der Waals surface area contributed by atoms with E-state index in [4.69, 9.17) is 0 Å². The smallest absolute Gasteiger partial charge is 0.225 e. The Hall–Kier alpha value is -0.570. The minimum absolute atomic E-state index is 0.388. The van der Waals surface area contributed by atoms with Crippen molar-refractivity contribution in [2.24, 2.45) is 11.8 Å². The van der Waals surface area contributed by atoms with Gasteiger partial charge in [0.05, 0.1) is 0 Å². The number of hydrogen-bond acceptors (Lipinski definition) is 2. The fourth-order valence-electron chi connectivity index (χ4n) is 3.28. The van der Waals surface area contributed by atoms with Crippen molar-refractivity contribution in [1.82, 2.24) is 9.80 Å². The summed E-state index contributed by atoms with van der Waals surface area (Å²) in [5.41, 5.74) is 0. The number of likely N-dealkylation sites (tertiary alicyclic amines) is 2. The lowest BCUT2D eigenvalue weighted by molar-refractivity contribution is -0.140. The summed E-state index contributed by atoms with van der Waals surface area (Å²) in [7, 11) is 2.20. The Balaban J connectivity index is 0.000000211. The lowest BCUT2D eigenvalue weighted by atomic mass is 9.87. The average molecular weight is 311 g/mol. The molecule has 1 aliphatic carbocycles. The number of piperidine rings is 1. The highest BCUT2D eigenvalue weighted by Crippen LogP contribution is 2.26. The summed E-state index contributed by atoms with van der Waals surface area (Å²) in [6.45, 7) is 11.0. The van der Waals surface area contributed by atoms with Crippen LogP contribution < -0.4 is 0 Å². The quantitative estimate of drug-likeness (QED) is 0.725. The van der Waals surface area contributed by atoms with E-state index in [9.17, 15) is 4.79 Å². The van der Waals surface area contributed by atoms with Crippen LogP contribution in [0.15, 0.2) is 0 Å². The molecule has 0 aromatic carbocycles. The van der Waals surface area contributed by atoms with Gasteiger partial charge in [-0.1, -0.05) is 40.0 Å². The first-order valence-electron chi connectivity index (χ1n) is 9.64. The van der Waals surface area contributed by atoms with Crippen molar-refractivity contribution in [3.05, 3.63) is 0 Å². The van der Waals surface area contributed by atoms with E-state index in [1.165, 1.54) is 51.6 Å². The van der Waals surface area contributed by atoms with Crippen LogP contribution in [0.1, 0.15) is 72.1 Å². The van der Waals surface area contributed by atoms with Gasteiger partial charge in [0.25, 0.3) is 0 Å². The van der Waals surface area contributed by atoms with Gasteiger partial charge in [-0.2, -0.15) is 0 Å². The molecule has 3 fully saturated rings. The van der Waals surface area contributed by atoms with Crippen LogP contribution in [0, 0.1) is 11.8 Å². The normalized spacial score (nSPS) is 23.5. The average Bonchev–Trinajstić information content (AvgIpc) is 2.52. The molecule has 0 atom stereocenters. The van der Waals surface area contributed by atoms with E-state index in [0.29, 0.717) is 11.8 Å². The van der Waals surface area contributed by atoms with Crippen molar-refractivity contribution in [2.45, 2.75) is 72.1 Å². The molecule has 2 aliphatic heterocycles. The van der Waals surface area contributed by atoms with E-state index < -0.39 is 0 Å². The molecule has 3 aliphatic rings. The molecule has 1 saturated carbocycles. The van der Waals surface area contributed by atoms with Crippen molar-refractivity contribution in [3.8, 4) is 0 Å². The summed E-state index contributed by atoms with van der Waals surface area (Å²) in [4.78, 5) is 16.1. The Labute approximate surface area is 138 Å². The first-order chi connectivity index (χ1) is 10.7. The van der Waals surface area contributed by atoms with E-state index in [1.54, 1.807) is 0 Å². The minimum atomic E-state index is 0.388. The molecule has 0 radical (unpaired) electrons. The molecule has 2 heterocycles. The molecule has 0 aromatic rings. The number of carbonyl (C=O) groups excluding carboxylic acids is 1. The first-order valence-corrected chi connectivity index (χ1v) is 9.64. The van der Waals surface area contributed by atoms with Crippen LogP contribution in [-0.2, 0) is 4.79 Å². The number of carbonyl (C=O) groups is 1. The lowest BCUT2D eigenvalue weighted by Gasteiger charge is -2.35. The third kappa shape index (κ3) is 6.68. The third-order valence-corrected chi connectivity index (χ3v) is 5.13. The van der Waals surface area contributed by atoms with Crippen molar-refractivity contribution < 1.29 is 4.79 Å². The molecular weight excluding hydrogens is 272 g/mol. The number of nitrogens with zero attached hydrogens (tertiary/aromatic N) is 2. The highest BCUT2D eigenvalue weighted by molar-refractivity contribution is 5.79. The molecule has 0 aromatic heterocycles. The summed E-state index contributed by atoms with van der Waals surface area (Å²) < 4.78 is 0. The lowest BCUT2D eigenvalue weighted by Crippen LogP contribution is -2.45. The van der Waals surface area contributed by atoms with Gasteiger partial charge in [-0.05, 0) is 58.2 Å². The van der Waals surface area contributed by atoms with Crippen LogP contribution in [-0.4, -0.2) is 48.9 Å². The maximum Gasteiger partial charge on any atom is 0.225 e. The molecule has 3 nitrogen and oxygen atoms in total. The molecule has 3 heteroatoms. The van der Waals surface area contributed by atoms with Gasteiger partial charge < -0.3 is 9.80 Å². The Morgan fingerprint density at radius 2 is 1.36 bits per heavy atom. The van der Waals surface area contributed by atoms with E-state index >= 15 is 0 Å². The van der Waals surface area contributed by atoms with E-state index in [1.807, 2.05) is 18.7 Å². The minimum Gasteiger partial charge on any atom is -0.342 e. The molecular formula is C19H38N2O. The van der Waals surface area contributed by atoms with Gasteiger partial charge in [0.15, 0.2) is 0 Å². The summed E-state index contributed by atoms with van der Waals surface area (Å²) >= 11 is 0. The zero-order chi connectivity index (χ0) is 16.4. The Bertz CT molecular complexity index is 278. The van der Waals surface area contributed by atoms with Crippen LogP contribution in [0.5, 0.6) is 0 Å². The second kappa shape index (κ2) is 11.0. The Morgan fingerprint density at radius 1 is 0.818 bits per heavy atom. The van der Waals surface area contributed by atoms with Crippen LogP contribution in [0.3, 0.4) is 0 Å². The van der Waals surface area contributed by atoms with Crippen LogP contribution in [0.4, 0.5) is 0 Å². The van der Waals surface area contributed by atoms with Crippen molar-refractivity contribution in [1.29, 1.82) is 0 Å². The van der Waals surface area contributed by atoms with Crippen LogP contribution in [0.25, 0.3) is 0 Å². The maximum absolute atomic E-state index is 11.7. The number of rotatable bonds is 1. The Morgan fingerprint density at radius 3 is 1.77 bits per heavy atom. The van der Waals surface area contributed by atoms with Gasteiger partial charge in [0.1, 0.15) is 0 Å². The second-order valence-corrected chi connectivity index (χ2v) is 7.00. The molecule has 2 saturated heterocycles. The largest absolute Gasteiger partial charge is 0.342 e. The fraction of sp³-hybridized carbons (Fsp3) is 0.947. The van der Waals surface area contributed by atoms with E-state index in [-0.39, 0.29) is 0 Å². The van der Waals surface area contributed by atoms with E-state index in [0.717, 1.165) is 31.8 Å². The fourth-order valence-corrected chi connectivity index (χ4v) is 3.28. The SMILES string of the molecule is CC.CC1CCN(C)CC1.O=C(C1CCCCC1)N1CCC1. The molecule has 0 spiro atoms. The summed E-state index contributed by atoms with van der Waals surface area (Å²) in [5.74, 6) is 1.81. The molecule has 0 N–H and O–H groups in total.